The van der Waals surface area contributed by atoms with Crippen LogP contribution in [-0.4, -0.2) is 4.98 Å². The van der Waals surface area contributed by atoms with Crippen molar-refractivity contribution in [2.75, 3.05) is 0 Å². The first-order chi connectivity index (χ1) is 9.70. The fourth-order valence-electron chi connectivity index (χ4n) is 2.31. The van der Waals surface area contributed by atoms with Crippen LogP contribution in [0.2, 0.25) is 0 Å². The number of hydrogen-bond acceptors (Lipinski definition) is 4. The van der Waals surface area contributed by atoms with Gasteiger partial charge in [-0.25, -0.2) is 5.43 Å². The predicted octanol–water partition coefficient (Wildman–Crippen LogP) is 3.92. The topological polar surface area (TPSA) is 50.9 Å². The quantitative estimate of drug-likeness (QED) is 0.557. The van der Waals surface area contributed by atoms with Gasteiger partial charge in [-0.3, -0.25) is 10.8 Å². The molecule has 1 atom stereocenters. The Labute approximate surface area is 129 Å². The molecule has 0 saturated heterocycles. The Bertz CT molecular complexity index is 729. The minimum absolute atomic E-state index is 0.0522. The van der Waals surface area contributed by atoms with Crippen LogP contribution in [0.3, 0.4) is 0 Å². The SMILES string of the molecule is Cc1cc(C(NN)c2cccc3cccnc23)sc1Br. The summed E-state index contributed by atoms with van der Waals surface area (Å²) in [6, 6.07) is 12.3. The lowest BCUT2D eigenvalue weighted by molar-refractivity contribution is 0.649. The molecule has 1 aromatic carbocycles. The number of nitrogens with one attached hydrogen (secondary N) is 1. The summed E-state index contributed by atoms with van der Waals surface area (Å²) in [4.78, 5) is 5.68. The third-order valence-corrected chi connectivity index (χ3v) is 5.50. The molecule has 3 nitrogen and oxygen atoms in total. The van der Waals surface area contributed by atoms with E-state index < -0.39 is 0 Å². The Kier molecular flexibility index (Phi) is 3.85. The van der Waals surface area contributed by atoms with E-state index in [-0.39, 0.29) is 6.04 Å². The second kappa shape index (κ2) is 5.61. The maximum atomic E-state index is 5.80. The highest BCUT2D eigenvalue weighted by atomic mass is 79.9. The number of halogens is 1. The van der Waals surface area contributed by atoms with E-state index in [0.717, 1.165) is 20.3 Å². The first kappa shape index (κ1) is 13.7. The van der Waals surface area contributed by atoms with Gasteiger partial charge >= 0.3 is 0 Å². The molecule has 0 aliphatic rings. The predicted molar refractivity (Wildman–Crippen MR) is 87.7 cm³/mol. The number of thiophene rings is 1. The summed E-state index contributed by atoms with van der Waals surface area (Å²) in [5.74, 6) is 5.80. The van der Waals surface area contributed by atoms with Gasteiger partial charge in [-0.15, -0.1) is 11.3 Å². The van der Waals surface area contributed by atoms with Gasteiger partial charge < -0.3 is 0 Å². The molecule has 0 saturated carbocycles. The summed E-state index contributed by atoms with van der Waals surface area (Å²) >= 11 is 5.27. The maximum absolute atomic E-state index is 5.80. The van der Waals surface area contributed by atoms with Crippen LogP contribution in [0.25, 0.3) is 10.9 Å². The van der Waals surface area contributed by atoms with E-state index in [0.29, 0.717) is 0 Å². The van der Waals surface area contributed by atoms with Crippen LogP contribution in [0.4, 0.5) is 0 Å². The fourth-order valence-corrected chi connectivity index (χ4v) is 3.96. The summed E-state index contributed by atoms with van der Waals surface area (Å²) in [5.41, 5.74) is 6.22. The molecule has 0 amide bonds. The molecular formula is C15H14BrN3S. The van der Waals surface area contributed by atoms with E-state index in [1.54, 1.807) is 11.3 Å². The number of fused-ring (bicyclic) bond motifs is 1. The van der Waals surface area contributed by atoms with Crippen LogP contribution < -0.4 is 11.3 Å². The second-order valence-corrected chi connectivity index (χ2v) is 7.03. The largest absolute Gasteiger partial charge is 0.271 e. The van der Waals surface area contributed by atoms with Gasteiger partial charge in [-0.2, -0.15) is 0 Å². The number of aromatic nitrogens is 1. The zero-order valence-electron chi connectivity index (χ0n) is 10.9. The lowest BCUT2D eigenvalue weighted by Gasteiger charge is -2.16. The van der Waals surface area contributed by atoms with Crippen LogP contribution in [0.15, 0.2) is 46.4 Å². The van der Waals surface area contributed by atoms with Crippen LogP contribution in [0, 0.1) is 6.92 Å². The Balaban J connectivity index is 2.16. The molecule has 0 aliphatic heterocycles. The van der Waals surface area contributed by atoms with Gasteiger partial charge in [0.05, 0.1) is 15.3 Å². The van der Waals surface area contributed by atoms with Crippen molar-refractivity contribution in [3.63, 3.8) is 0 Å². The minimum atomic E-state index is -0.0522. The minimum Gasteiger partial charge on any atom is -0.271 e. The number of pyridine rings is 1. The molecule has 0 spiro atoms. The van der Waals surface area contributed by atoms with Crippen LogP contribution in [0.1, 0.15) is 22.0 Å². The molecule has 1 unspecified atom stereocenters. The molecule has 3 N–H and O–H groups in total. The smallest absolute Gasteiger partial charge is 0.0824 e. The Morgan fingerprint density at radius 3 is 2.80 bits per heavy atom. The number of hydrogen-bond donors (Lipinski definition) is 2. The number of aryl methyl sites for hydroxylation is 1. The van der Waals surface area contributed by atoms with Crippen LogP contribution >= 0.6 is 27.3 Å². The van der Waals surface area contributed by atoms with E-state index in [2.05, 4.69) is 57.5 Å². The third kappa shape index (κ3) is 2.38. The van der Waals surface area contributed by atoms with E-state index in [4.69, 9.17) is 5.84 Å². The molecular weight excluding hydrogens is 334 g/mol. The summed E-state index contributed by atoms with van der Waals surface area (Å²) in [7, 11) is 0. The van der Waals surface area contributed by atoms with Gasteiger partial charge in [0.25, 0.3) is 0 Å². The van der Waals surface area contributed by atoms with E-state index >= 15 is 0 Å². The van der Waals surface area contributed by atoms with Crippen molar-refractivity contribution < 1.29 is 0 Å². The van der Waals surface area contributed by atoms with Gasteiger partial charge in [0.1, 0.15) is 0 Å². The van der Waals surface area contributed by atoms with Crippen molar-refractivity contribution in [3.8, 4) is 0 Å². The number of nitrogens with zero attached hydrogens (tertiary/aromatic N) is 1. The summed E-state index contributed by atoms with van der Waals surface area (Å²) < 4.78 is 1.14. The Morgan fingerprint density at radius 1 is 1.30 bits per heavy atom. The monoisotopic (exact) mass is 347 g/mol. The van der Waals surface area contributed by atoms with Crippen molar-refractivity contribution >= 4 is 38.2 Å². The summed E-state index contributed by atoms with van der Waals surface area (Å²) in [6.45, 7) is 2.08. The first-order valence-electron chi connectivity index (χ1n) is 6.26. The molecule has 3 aromatic rings. The molecule has 102 valence electrons. The van der Waals surface area contributed by atoms with Crippen LogP contribution in [-0.2, 0) is 0 Å². The van der Waals surface area contributed by atoms with Gasteiger partial charge in [-0.05, 0) is 40.5 Å². The van der Waals surface area contributed by atoms with Crippen molar-refractivity contribution in [2.45, 2.75) is 13.0 Å². The standard InChI is InChI=1S/C15H14BrN3S/c1-9-8-12(20-15(9)16)14(19-17)11-6-2-4-10-5-3-7-18-13(10)11/h2-8,14,19H,17H2,1H3. The van der Waals surface area contributed by atoms with Crippen molar-refractivity contribution in [1.82, 2.24) is 10.4 Å². The fraction of sp³-hybridized carbons (Fsp3) is 0.133. The average molecular weight is 348 g/mol. The maximum Gasteiger partial charge on any atom is 0.0824 e. The zero-order valence-corrected chi connectivity index (χ0v) is 13.3. The van der Waals surface area contributed by atoms with Gasteiger partial charge in [0.15, 0.2) is 0 Å². The van der Waals surface area contributed by atoms with Gasteiger partial charge in [-0.1, -0.05) is 24.3 Å². The first-order valence-corrected chi connectivity index (χ1v) is 7.87. The number of hydrazine groups is 1. The lowest BCUT2D eigenvalue weighted by atomic mass is 10.0. The molecule has 0 radical (unpaired) electrons. The molecule has 2 aromatic heterocycles. The molecule has 0 fully saturated rings. The highest BCUT2D eigenvalue weighted by molar-refractivity contribution is 9.11. The Morgan fingerprint density at radius 2 is 2.10 bits per heavy atom. The van der Waals surface area contributed by atoms with Crippen molar-refractivity contribution in [1.29, 1.82) is 0 Å². The molecule has 20 heavy (non-hydrogen) atoms. The average Bonchev–Trinajstić information content (AvgIpc) is 2.79. The van der Waals surface area contributed by atoms with E-state index in [1.807, 2.05) is 18.3 Å². The summed E-state index contributed by atoms with van der Waals surface area (Å²) in [6.07, 6.45) is 1.81. The highest BCUT2D eigenvalue weighted by Gasteiger charge is 2.18. The van der Waals surface area contributed by atoms with Gasteiger partial charge in [0.2, 0.25) is 0 Å². The third-order valence-electron chi connectivity index (χ3n) is 3.30. The Hall–Kier alpha value is -1.27. The molecule has 3 rings (SSSR count). The number of nitrogens with two attached hydrogens (primary N) is 1. The van der Waals surface area contributed by atoms with Crippen molar-refractivity contribution in [3.05, 3.63) is 62.4 Å². The van der Waals surface area contributed by atoms with Crippen molar-refractivity contribution in [2.24, 2.45) is 5.84 Å². The second-order valence-electron chi connectivity index (χ2n) is 4.63. The molecule has 0 aliphatic carbocycles. The van der Waals surface area contributed by atoms with E-state index in [1.165, 1.54) is 10.4 Å². The van der Waals surface area contributed by atoms with Crippen LogP contribution in [0.5, 0.6) is 0 Å². The van der Waals surface area contributed by atoms with Gasteiger partial charge in [0, 0.05) is 22.0 Å². The summed E-state index contributed by atoms with van der Waals surface area (Å²) in [5, 5.41) is 1.12. The normalized spacial score (nSPS) is 12.8. The lowest BCUT2D eigenvalue weighted by Crippen LogP contribution is -2.28. The number of benzene rings is 1. The molecule has 2 heterocycles. The number of para-hydroxylation sites is 1. The highest BCUT2D eigenvalue weighted by Crippen LogP contribution is 2.35. The molecule has 5 heteroatoms. The number of rotatable bonds is 3. The van der Waals surface area contributed by atoms with E-state index in [9.17, 15) is 0 Å². The molecule has 0 bridgehead atoms. The zero-order chi connectivity index (χ0) is 14.1.